The summed E-state index contributed by atoms with van der Waals surface area (Å²) < 4.78 is 0. The van der Waals surface area contributed by atoms with E-state index in [-0.39, 0.29) is 5.91 Å². The minimum absolute atomic E-state index is 0.0283. The molecule has 1 heterocycles. The molecule has 0 saturated heterocycles. The Hall–Kier alpha value is -1.32. The van der Waals surface area contributed by atoms with Crippen molar-refractivity contribution in [1.82, 2.24) is 4.98 Å². The lowest BCUT2D eigenvalue weighted by molar-refractivity contribution is -0.116. The van der Waals surface area contributed by atoms with Gasteiger partial charge in [-0.15, -0.1) is 11.6 Å². The molecule has 0 spiro atoms. The second-order valence-electron chi connectivity index (χ2n) is 4.19. The molecule has 3 nitrogen and oxygen atoms in total. The lowest BCUT2D eigenvalue weighted by atomic mass is 10.2. The van der Waals surface area contributed by atoms with Gasteiger partial charge in [0, 0.05) is 23.9 Å². The molecule has 1 N–H and O–H groups in total. The molecular formula is C14H14Cl2N2O. The number of hydrogen-bond acceptors (Lipinski definition) is 2. The Balaban J connectivity index is 2.17. The normalized spacial score (nSPS) is 10.6. The molecule has 0 unspecified atom stereocenters. The molecule has 0 radical (unpaired) electrons. The number of carbonyl (C=O) groups is 1. The zero-order valence-electron chi connectivity index (χ0n) is 10.3. The van der Waals surface area contributed by atoms with E-state index in [4.69, 9.17) is 23.2 Å². The topological polar surface area (TPSA) is 42.0 Å². The quantitative estimate of drug-likeness (QED) is 0.662. The number of hydrogen-bond donors (Lipinski definition) is 1. The lowest BCUT2D eigenvalue weighted by Gasteiger charge is -2.08. The maximum atomic E-state index is 11.8. The maximum Gasteiger partial charge on any atom is 0.224 e. The van der Waals surface area contributed by atoms with E-state index >= 15 is 0 Å². The first-order chi connectivity index (χ1) is 9.22. The summed E-state index contributed by atoms with van der Waals surface area (Å²) in [6.45, 7) is 0. The third kappa shape index (κ3) is 3.58. The number of rotatable bonds is 5. The van der Waals surface area contributed by atoms with Crippen LogP contribution in [0, 0.1) is 0 Å². The van der Waals surface area contributed by atoms with Gasteiger partial charge in [-0.05, 0) is 37.1 Å². The molecule has 0 saturated carbocycles. The molecular weight excluding hydrogens is 283 g/mol. The van der Waals surface area contributed by atoms with Gasteiger partial charge in [-0.3, -0.25) is 9.78 Å². The Kier molecular flexibility index (Phi) is 5.00. The first-order valence-corrected chi connectivity index (χ1v) is 7.02. The number of amides is 1. The van der Waals surface area contributed by atoms with Crippen LogP contribution in [0.15, 0.2) is 30.5 Å². The molecule has 5 heteroatoms. The van der Waals surface area contributed by atoms with Crippen LogP contribution in [0.5, 0.6) is 0 Å². The van der Waals surface area contributed by atoms with Crippen LogP contribution in [0.4, 0.5) is 5.69 Å². The van der Waals surface area contributed by atoms with Crippen molar-refractivity contribution >= 4 is 45.7 Å². The molecule has 1 aromatic heterocycles. The van der Waals surface area contributed by atoms with Crippen molar-refractivity contribution in [3.8, 4) is 0 Å². The molecule has 100 valence electrons. The number of nitrogens with zero attached hydrogens (tertiary/aromatic N) is 1. The van der Waals surface area contributed by atoms with Gasteiger partial charge in [0.1, 0.15) is 0 Å². The maximum absolute atomic E-state index is 11.8. The minimum atomic E-state index is -0.0283. The smallest absolute Gasteiger partial charge is 0.224 e. The number of halogens is 2. The molecule has 1 aromatic carbocycles. The molecule has 2 rings (SSSR count). The van der Waals surface area contributed by atoms with Crippen LogP contribution < -0.4 is 5.32 Å². The van der Waals surface area contributed by atoms with E-state index in [0.29, 0.717) is 28.5 Å². The van der Waals surface area contributed by atoms with Gasteiger partial charge in [-0.1, -0.05) is 11.6 Å². The van der Waals surface area contributed by atoms with E-state index in [1.807, 2.05) is 12.1 Å². The van der Waals surface area contributed by atoms with Crippen molar-refractivity contribution in [2.45, 2.75) is 19.3 Å². The summed E-state index contributed by atoms with van der Waals surface area (Å²) in [7, 11) is 0. The van der Waals surface area contributed by atoms with Crippen LogP contribution in [0.1, 0.15) is 19.3 Å². The fourth-order valence-electron chi connectivity index (χ4n) is 1.83. The standard InChI is InChI=1S/C14H14Cl2N2O/c15-8-2-1-5-13(19)18-12-7-6-11(16)10-4-3-9-17-14(10)12/h3-4,6-7,9H,1-2,5,8H2,(H,18,19). The number of unbranched alkanes of at least 4 members (excludes halogenated alkanes) is 1. The monoisotopic (exact) mass is 296 g/mol. The number of anilines is 1. The summed E-state index contributed by atoms with van der Waals surface area (Å²) in [5, 5.41) is 4.33. The molecule has 19 heavy (non-hydrogen) atoms. The van der Waals surface area contributed by atoms with Crippen LogP contribution in [0.2, 0.25) is 5.02 Å². The number of benzene rings is 1. The van der Waals surface area contributed by atoms with Gasteiger partial charge in [0.25, 0.3) is 0 Å². The number of nitrogens with one attached hydrogen (secondary N) is 1. The van der Waals surface area contributed by atoms with E-state index in [2.05, 4.69) is 10.3 Å². The average molecular weight is 297 g/mol. The van der Waals surface area contributed by atoms with Gasteiger partial charge in [-0.2, -0.15) is 0 Å². The van der Waals surface area contributed by atoms with E-state index in [9.17, 15) is 4.79 Å². The Labute approximate surface area is 121 Å². The average Bonchev–Trinajstić information content (AvgIpc) is 2.43. The Morgan fingerprint density at radius 1 is 1.26 bits per heavy atom. The molecule has 1 amide bonds. The highest BCUT2D eigenvalue weighted by Gasteiger charge is 2.08. The van der Waals surface area contributed by atoms with Crippen molar-refractivity contribution in [2.75, 3.05) is 11.2 Å². The summed E-state index contributed by atoms with van der Waals surface area (Å²) in [6, 6.07) is 7.24. The highest BCUT2D eigenvalue weighted by Crippen LogP contribution is 2.28. The summed E-state index contributed by atoms with van der Waals surface area (Å²) in [6.07, 6.45) is 3.77. The van der Waals surface area contributed by atoms with Crippen LogP contribution in [0.25, 0.3) is 10.9 Å². The molecule has 0 aliphatic rings. The number of pyridine rings is 1. The second-order valence-corrected chi connectivity index (χ2v) is 4.97. The SMILES string of the molecule is O=C(CCCCCl)Nc1ccc(Cl)c2cccnc12. The number of alkyl halides is 1. The fourth-order valence-corrected chi connectivity index (χ4v) is 2.24. The van der Waals surface area contributed by atoms with Crippen molar-refractivity contribution in [1.29, 1.82) is 0 Å². The van der Waals surface area contributed by atoms with Gasteiger partial charge in [0.05, 0.1) is 16.2 Å². The predicted octanol–water partition coefficient (Wildman–Crippen LogP) is 4.24. The van der Waals surface area contributed by atoms with Gasteiger partial charge in [-0.25, -0.2) is 0 Å². The van der Waals surface area contributed by atoms with Crippen molar-refractivity contribution in [3.05, 3.63) is 35.5 Å². The lowest BCUT2D eigenvalue weighted by Crippen LogP contribution is -2.11. The number of fused-ring (bicyclic) bond motifs is 1. The fraction of sp³-hybridized carbons (Fsp3) is 0.286. The largest absolute Gasteiger partial charge is 0.324 e. The van der Waals surface area contributed by atoms with Crippen LogP contribution >= 0.6 is 23.2 Å². The number of aromatic nitrogens is 1. The van der Waals surface area contributed by atoms with Gasteiger partial charge < -0.3 is 5.32 Å². The second kappa shape index (κ2) is 6.73. The summed E-state index contributed by atoms with van der Waals surface area (Å²) in [4.78, 5) is 16.1. The Bertz CT molecular complexity index is 587. The van der Waals surface area contributed by atoms with Crippen molar-refractivity contribution in [2.24, 2.45) is 0 Å². The zero-order chi connectivity index (χ0) is 13.7. The van der Waals surface area contributed by atoms with E-state index in [0.717, 1.165) is 18.2 Å². The van der Waals surface area contributed by atoms with Gasteiger partial charge in [0.2, 0.25) is 5.91 Å². The van der Waals surface area contributed by atoms with E-state index in [1.54, 1.807) is 18.3 Å². The van der Waals surface area contributed by atoms with Crippen LogP contribution in [-0.2, 0) is 4.79 Å². The first kappa shape index (κ1) is 14.1. The van der Waals surface area contributed by atoms with Crippen molar-refractivity contribution in [3.63, 3.8) is 0 Å². The molecule has 0 aliphatic heterocycles. The van der Waals surface area contributed by atoms with Gasteiger partial charge in [0.15, 0.2) is 0 Å². The van der Waals surface area contributed by atoms with Crippen LogP contribution in [-0.4, -0.2) is 16.8 Å². The first-order valence-electron chi connectivity index (χ1n) is 6.11. The van der Waals surface area contributed by atoms with E-state index in [1.165, 1.54) is 0 Å². The highest BCUT2D eigenvalue weighted by molar-refractivity contribution is 6.35. The van der Waals surface area contributed by atoms with E-state index < -0.39 is 0 Å². The number of carbonyl (C=O) groups excluding carboxylic acids is 1. The third-order valence-electron chi connectivity index (χ3n) is 2.78. The Morgan fingerprint density at radius 2 is 2.11 bits per heavy atom. The van der Waals surface area contributed by atoms with Crippen LogP contribution in [0.3, 0.4) is 0 Å². The summed E-state index contributed by atoms with van der Waals surface area (Å²) >= 11 is 11.7. The molecule has 0 atom stereocenters. The third-order valence-corrected chi connectivity index (χ3v) is 3.37. The molecule has 2 aromatic rings. The predicted molar refractivity (Wildman–Crippen MR) is 80.0 cm³/mol. The Morgan fingerprint density at radius 3 is 2.89 bits per heavy atom. The molecule has 0 aliphatic carbocycles. The van der Waals surface area contributed by atoms with Crippen molar-refractivity contribution < 1.29 is 4.79 Å². The highest BCUT2D eigenvalue weighted by atomic mass is 35.5. The summed E-state index contributed by atoms with van der Waals surface area (Å²) in [5.41, 5.74) is 1.40. The molecule has 0 bridgehead atoms. The summed E-state index contributed by atoms with van der Waals surface area (Å²) in [5.74, 6) is 0.554. The molecule has 0 fully saturated rings. The zero-order valence-corrected chi connectivity index (χ0v) is 11.8. The minimum Gasteiger partial charge on any atom is -0.324 e. The van der Waals surface area contributed by atoms with Gasteiger partial charge >= 0.3 is 0 Å².